The zero-order valence-electron chi connectivity index (χ0n) is 19.0. The van der Waals surface area contributed by atoms with Crippen molar-refractivity contribution in [1.29, 1.82) is 0 Å². The molecule has 0 saturated heterocycles. The Morgan fingerprint density at radius 3 is 2.57 bits per heavy atom. The molecule has 0 aliphatic carbocycles. The molecule has 1 amide bonds. The minimum atomic E-state index is -0.451. The average molecular weight is 494 g/mol. The van der Waals surface area contributed by atoms with Crippen LogP contribution >= 0.6 is 11.8 Å². The summed E-state index contributed by atoms with van der Waals surface area (Å²) in [6, 6.07) is 21.5. The lowest BCUT2D eigenvalue weighted by Gasteiger charge is -2.13. The maximum Gasteiger partial charge on any atom is 0.230 e. The second-order valence-electron chi connectivity index (χ2n) is 7.48. The average Bonchev–Trinajstić information content (AvgIpc) is 3.25. The van der Waals surface area contributed by atoms with Gasteiger partial charge in [0.2, 0.25) is 11.1 Å². The first-order chi connectivity index (χ1) is 17.0. The van der Waals surface area contributed by atoms with Gasteiger partial charge >= 0.3 is 0 Å². The molecule has 0 bridgehead atoms. The Morgan fingerprint density at radius 2 is 1.80 bits per heavy atom. The van der Waals surface area contributed by atoms with E-state index in [1.54, 1.807) is 25.3 Å². The van der Waals surface area contributed by atoms with Crippen molar-refractivity contribution in [1.82, 2.24) is 20.2 Å². The van der Waals surface area contributed by atoms with Crippen LogP contribution in [0.5, 0.6) is 11.5 Å². The first-order valence-electron chi connectivity index (χ1n) is 10.7. The van der Waals surface area contributed by atoms with Gasteiger partial charge in [0, 0.05) is 6.54 Å². The third-order valence-corrected chi connectivity index (χ3v) is 6.01. The Morgan fingerprint density at radius 1 is 1.03 bits per heavy atom. The lowest BCUT2D eigenvalue weighted by atomic mass is 10.2. The Bertz CT molecular complexity index is 1300. The van der Waals surface area contributed by atoms with Crippen molar-refractivity contribution in [2.75, 3.05) is 18.7 Å². The van der Waals surface area contributed by atoms with Gasteiger partial charge < -0.3 is 20.6 Å². The second-order valence-corrected chi connectivity index (χ2v) is 8.42. The maximum atomic E-state index is 14.0. The topological polar surface area (TPSA) is 104 Å². The van der Waals surface area contributed by atoms with Gasteiger partial charge in [-0.3, -0.25) is 4.79 Å². The molecule has 0 spiro atoms. The normalized spacial score (nSPS) is 10.7. The number of rotatable bonds is 10. The molecule has 1 heterocycles. The summed E-state index contributed by atoms with van der Waals surface area (Å²) in [6.45, 7) is 0.736. The molecule has 0 fully saturated rings. The smallest absolute Gasteiger partial charge is 0.230 e. The molecule has 8 nitrogen and oxygen atoms in total. The fourth-order valence-electron chi connectivity index (χ4n) is 3.26. The van der Waals surface area contributed by atoms with E-state index in [-0.39, 0.29) is 23.0 Å². The number of carbonyl (C=O) groups is 1. The highest BCUT2D eigenvalue weighted by Gasteiger charge is 2.16. The van der Waals surface area contributed by atoms with E-state index in [9.17, 15) is 9.18 Å². The third-order valence-electron chi connectivity index (χ3n) is 5.07. The van der Waals surface area contributed by atoms with E-state index < -0.39 is 5.82 Å². The van der Waals surface area contributed by atoms with E-state index in [1.807, 2.05) is 48.5 Å². The lowest BCUT2D eigenvalue weighted by Crippen LogP contribution is -2.25. The molecule has 4 rings (SSSR count). The van der Waals surface area contributed by atoms with Gasteiger partial charge in [0.1, 0.15) is 12.4 Å². The number of nitrogen functional groups attached to an aromatic ring is 1. The van der Waals surface area contributed by atoms with Crippen LogP contribution in [0.15, 0.2) is 78.0 Å². The fraction of sp³-hybridized carbons (Fsp3) is 0.160. The Kier molecular flexibility index (Phi) is 7.84. The molecule has 0 aliphatic heterocycles. The standard InChI is InChI=1S/C25H24FN5O3S/c1-33-22-13-18(11-12-21(22)34-15-17-7-3-2-4-8-17)14-28-23(32)16-35-25-30-29-24(31(25)27)19-9-5-6-10-20(19)26/h2-13H,14-16,27H2,1H3,(H,28,32). The van der Waals surface area contributed by atoms with Gasteiger partial charge in [-0.15, -0.1) is 10.2 Å². The molecule has 0 radical (unpaired) electrons. The van der Waals surface area contributed by atoms with Crippen LogP contribution < -0.4 is 20.6 Å². The molecule has 180 valence electrons. The monoisotopic (exact) mass is 493 g/mol. The molecule has 1 aromatic heterocycles. The lowest BCUT2D eigenvalue weighted by molar-refractivity contribution is -0.118. The molecule has 0 aliphatic rings. The van der Waals surface area contributed by atoms with Gasteiger partial charge in [-0.25, -0.2) is 9.07 Å². The zero-order valence-corrected chi connectivity index (χ0v) is 19.8. The number of carbonyl (C=O) groups excluding carboxylic acids is 1. The minimum Gasteiger partial charge on any atom is -0.493 e. The molecule has 35 heavy (non-hydrogen) atoms. The van der Waals surface area contributed by atoms with Crippen LogP contribution in [0.1, 0.15) is 11.1 Å². The summed E-state index contributed by atoms with van der Waals surface area (Å²) in [4.78, 5) is 12.4. The molecule has 3 aromatic carbocycles. The van der Waals surface area contributed by atoms with Gasteiger partial charge in [0.05, 0.1) is 18.4 Å². The first-order valence-corrected chi connectivity index (χ1v) is 11.7. The summed E-state index contributed by atoms with van der Waals surface area (Å²) in [7, 11) is 1.57. The van der Waals surface area contributed by atoms with Crippen LogP contribution in [0.3, 0.4) is 0 Å². The van der Waals surface area contributed by atoms with E-state index in [4.69, 9.17) is 15.3 Å². The number of hydrogen-bond acceptors (Lipinski definition) is 7. The number of nitrogens with zero attached hydrogens (tertiary/aromatic N) is 3. The van der Waals surface area contributed by atoms with Crippen molar-refractivity contribution < 1.29 is 18.7 Å². The molecule has 0 unspecified atom stereocenters. The quantitative estimate of drug-likeness (QED) is 0.256. The molecular formula is C25H24FN5O3S. The molecule has 0 saturated carbocycles. The number of halogens is 1. The zero-order chi connectivity index (χ0) is 24.6. The highest BCUT2D eigenvalue weighted by atomic mass is 32.2. The van der Waals surface area contributed by atoms with E-state index in [2.05, 4.69) is 15.5 Å². The Labute approximate surface area is 206 Å². The van der Waals surface area contributed by atoms with Crippen LogP contribution in [-0.2, 0) is 17.9 Å². The van der Waals surface area contributed by atoms with Gasteiger partial charge in [0.25, 0.3) is 0 Å². The van der Waals surface area contributed by atoms with Crippen molar-refractivity contribution in [3.05, 3.63) is 89.7 Å². The predicted molar refractivity (Wildman–Crippen MR) is 132 cm³/mol. The number of methoxy groups -OCH3 is 1. The van der Waals surface area contributed by atoms with E-state index in [0.29, 0.717) is 29.8 Å². The van der Waals surface area contributed by atoms with Gasteiger partial charge in [-0.2, -0.15) is 0 Å². The van der Waals surface area contributed by atoms with Crippen molar-refractivity contribution in [2.24, 2.45) is 0 Å². The van der Waals surface area contributed by atoms with Crippen LogP contribution in [0, 0.1) is 5.82 Å². The molecular weight excluding hydrogens is 469 g/mol. The fourth-order valence-corrected chi connectivity index (χ4v) is 3.95. The second kappa shape index (κ2) is 11.4. The van der Waals surface area contributed by atoms with E-state index in [0.717, 1.165) is 22.9 Å². The van der Waals surface area contributed by atoms with Crippen molar-refractivity contribution in [2.45, 2.75) is 18.3 Å². The van der Waals surface area contributed by atoms with E-state index in [1.165, 1.54) is 10.7 Å². The third kappa shape index (κ3) is 6.10. The molecule has 0 atom stereocenters. The van der Waals surface area contributed by atoms with Gasteiger partial charge in [0.15, 0.2) is 17.3 Å². The summed E-state index contributed by atoms with van der Waals surface area (Å²) in [5.74, 6) is 6.81. The summed E-state index contributed by atoms with van der Waals surface area (Å²) in [5, 5.41) is 11.1. The number of aromatic nitrogens is 3. The predicted octanol–water partition coefficient (Wildman–Crippen LogP) is 3.79. The summed E-state index contributed by atoms with van der Waals surface area (Å²) >= 11 is 1.11. The van der Waals surface area contributed by atoms with Crippen molar-refractivity contribution in [3.8, 4) is 22.9 Å². The molecule has 3 N–H and O–H groups in total. The highest BCUT2D eigenvalue weighted by Crippen LogP contribution is 2.29. The number of nitrogens with two attached hydrogens (primary N) is 1. The highest BCUT2D eigenvalue weighted by molar-refractivity contribution is 7.99. The Balaban J connectivity index is 1.30. The molecule has 10 heteroatoms. The van der Waals surface area contributed by atoms with Crippen LogP contribution in [0.2, 0.25) is 0 Å². The van der Waals surface area contributed by atoms with Gasteiger partial charge in [-0.05, 0) is 35.4 Å². The minimum absolute atomic E-state index is 0.0714. The van der Waals surface area contributed by atoms with Crippen LogP contribution in [0.4, 0.5) is 4.39 Å². The molecule has 4 aromatic rings. The number of thioether (sulfide) groups is 1. The summed E-state index contributed by atoms with van der Waals surface area (Å²) in [6.07, 6.45) is 0. The largest absolute Gasteiger partial charge is 0.493 e. The van der Waals surface area contributed by atoms with E-state index >= 15 is 0 Å². The van der Waals surface area contributed by atoms with Crippen molar-refractivity contribution >= 4 is 17.7 Å². The number of nitrogens with one attached hydrogen (secondary N) is 1. The SMILES string of the molecule is COc1cc(CNC(=O)CSc2nnc(-c3ccccc3F)n2N)ccc1OCc1ccccc1. The summed E-state index contributed by atoms with van der Waals surface area (Å²) in [5.41, 5.74) is 2.15. The van der Waals surface area contributed by atoms with Crippen LogP contribution in [0.25, 0.3) is 11.4 Å². The number of hydrogen-bond donors (Lipinski definition) is 2. The maximum absolute atomic E-state index is 14.0. The summed E-state index contributed by atoms with van der Waals surface area (Å²) < 4.78 is 26.5. The Hall–Kier alpha value is -4.05. The number of amides is 1. The number of benzene rings is 3. The van der Waals surface area contributed by atoms with Crippen LogP contribution in [-0.4, -0.2) is 33.6 Å². The first kappa shape index (κ1) is 24.1. The van der Waals surface area contributed by atoms with Crippen molar-refractivity contribution in [3.63, 3.8) is 0 Å². The number of ether oxygens (including phenoxy) is 2. The van der Waals surface area contributed by atoms with Gasteiger partial charge in [-0.1, -0.05) is 60.3 Å².